The molecule has 8 heteroatoms. The van der Waals surface area contributed by atoms with Crippen molar-refractivity contribution in [2.45, 2.75) is 24.9 Å². The van der Waals surface area contributed by atoms with Crippen molar-refractivity contribution in [3.05, 3.63) is 41.7 Å². The van der Waals surface area contributed by atoms with Crippen LogP contribution in [0.1, 0.15) is 40.8 Å². The zero-order valence-corrected chi connectivity index (χ0v) is 12.6. The van der Waals surface area contributed by atoms with E-state index in [0.717, 1.165) is 19.0 Å². The molecule has 1 aliphatic rings. The predicted molar refractivity (Wildman–Crippen MR) is 76.9 cm³/mol. The molecule has 3 rings (SSSR count). The minimum Gasteiger partial charge on any atom is -0.357 e. The molecule has 0 bridgehead atoms. The van der Waals surface area contributed by atoms with Crippen molar-refractivity contribution in [2.75, 3.05) is 13.1 Å². The second-order valence-electron chi connectivity index (χ2n) is 5.77. The molecular weight excluding hydrogens is 309 g/mol. The van der Waals surface area contributed by atoms with Gasteiger partial charge in [-0.2, -0.15) is 13.2 Å². The molecule has 1 atom stereocenters. The van der Waals surface area contributed by atoms with Crippen LogP contribution in [0.2, 0.25) is 0 Å². The molecule has 5 nitrogen and oxygen atoms in total. The van der Waals surface area contributed by atoms with Gasteiger partial charge in [0, 0.05) is 38.4 Å². The molecule has 23 heavy (non-hydrogen) atoms. The van der Waals surface area contributed by atoms with Gasteiger partial charge in [0.25, 0.3) is 5.91 Å². The Labute approximate surface area is 131 Å². The second-order valence-corrected chi connectivity index (χ2v) is 5.77. The third kappa shape index (κ3) is 3.11. The molecule has 0 saturated carbocycles. The van der Waals surface area contributed by atoms with Crippen LogP contribution in [0.5, 0.6) is 0 Å². The first-order valence-electron chi connectivity index (χ1n) is 7.39. The molecule has 2 aromatic rings. The number of aromatic nitrogens is 3. The van der Waals surface area contributed by atoms with Gasteiger partial charge in [0.15, 0.2) is 5.69 Å². The number of nitrogens with one attached hydrogen (secondary N) is 1. The Morgan fingerprint density at radius 2 is 2.22 bits per heavy atom. The van der Waals surface area contributed by atoms with Crippen molar-refractivity contribution in [3.63, 3.8) is 0 Å². The van der Waals surface area contributed by atoms with Gasteiger partial charge in [-0.15, -0.1) is 0 Å². The summed E-state index contributed by atoms with van der Waals surface area (Å²) in [5.41, 5.74) is -0.399. The van der Waals surface area contributed by atoms with Crippen molar-refractivity contribution < 1.29 is 18.0 Å². The molecule has 124 valence electrons. The summed E-state index contributed by atoms with van der Waals surface area (Å²) in [7, 11) is 1.56. The highest BCUT2D eigenvalue weighted by Crippen LogP contribution is 2.32. The number of aryl methyl sites for hydroxylation is 1. The average Bonchev–Trinajstić information content (AvgIpc) is 3.15. The van der Waals surface area contributed by atoms with E-state index in [0.29, 0.717) is 24.6 Å². The standard InChI is InChI=1S/C15H17F3N4O/c1-21-9-12(15(16,17)18)20-13(21)10-4-3-7-22(8-10)14(23)11-5-2-6-19-11/h2,5-6,9-10,19H,3-4,7-8H2,1H3/t10-/m0/s1. The smallest absolute Gasteiger partial charge is 0.357 e. The van der Waals surface area contributed by atoms with Crippen LogP contribution in [0.25, 0.3) is 0 Å². The number of amides is 1. The van der Waals surface area contributed by atoms with E-state index >= 15 is 0 Å². The van der Waals surface area contributed by atoms with Crippen LogP contribution in [-0.4, -0.2) is 38.4 Å². The monoisotopic (exact) mass is 326 g/mol. The third-order valence-electron chi connectivity index (χ3n) is 4.10. The van der Waals surface area contributed by atoms with Gasteiger partial charge in [-0.1, -0.05) is 0 Å². The van der Waals surface area contributed by atoms with Crippen LogP contribution >= 0.6 is 0 Å². The Bertz CT molecular complexity index is 690. The van der Waals surface area contributed by atoms with Crippen molar-refractivity contribution >= 4 is 5.91 Å². The average molecular weight is 326 g/mol. The van der Waals surface area contributed by atoms with E-state index < -0.39 is 11.9 Å². The summed E-state index contributed by atoms with van der Waals surface area (Å²) >= 11 is 0. The molecule has 1 fully saturated rings. The number of hydrogen-bond acceptors (Lipinski definition) is 2. The second kappa shape index (κ2) is 5.75. The van der Waals surface area contributed by atoms with Crippen molar-refractivity contribution in [1.82, 2.24) is 19.4 Å². The first kappa shape index (κ1) is 15.6. The van der Waals surface area contributed by atoms with E-state index in [4.69, 9.17) is 0 Å². The lowest BCUT2D eigenvalue weighted by Crippen LogP contribution is -2.39. The highest BCUT2D eigenvalue weighted by molar-refractivity contribution is 5.92. The number of alkyl halides is 3. The SMILES string of the molecule is Cn1cc(C(F)(F)F)nc1[C@H]1CCCN(C(=O)c2ccc[nH]2)C1. The first-order chi connectivity index (χ1) is 10.9. The minimum absolute atomic E-state index is 0.134. The maximum Gasteiger partial charge on any atom is 0.434 e. The zero-order valence-electron chi connectivity index (χ0n) is 12.6. The number of carbonyl (C=O) groups is 1. The Morgan fingerprint density at radius 3 is 2.83 bits per heavy atom. The molecule has 3 heterocycles. The Kier molecular flexibility index (Phi) is 3.91. The van der Waals surface area contributed by atoms with Gasteiger partial charge in [0.1, 0.15) is 11.5 Å². The predicted octanol–water partition coefficient (Wildman–Crippen LogP) is 2.79. The van der Waals surface area contributed by atoms with Gasteiger partial charge in [-0.3, -0.25) is 4.79 Å². The molecule has 1 saturated heterocycles. The molecule has 0 aliphatic carbocycles. The lowest BCUT2D eigenvalue weighted by molar-refractivity contribution is -0.141. The summed E-state index contributed by atoms with van der Waals surface area (Å²) in [5, 5.41) is 0. The fourth-order valence-corrected chi connectivity index (χ4v) is 3.00. The number of carbonyl (C=O) groups excluding carboxylic acids is 1. The van der Waals surface area contributed by atoms with E-state index in [1.165, 1.54) is 4.57 Å². The first-order valence-corrected chi connectivity index (χ1v) is 7.39. The highest BCUT2D eigenvalue weighted by atomic mass is 19.4. The molecule has 1 aliphatic heterocycles. The molecule has 1 N–H and O–H groups in total. The lowest BCUT2D eigenvalue weighted by Gasteiger charge is -2.32. The Morgan fingerprint density at radius 1 is 1.43 bits per heavy atom. The molecule has 0 unspecified atom stereocenters. The number of likely N-dealkylation sites (tertiary alicyclic amines) is 1. The zero-order chi connectivity index (χ0) is 16.6. The van der Waals surface area contributed by atoms with Crippen molar-refractivity contribution in [2.24, 2.45) is 7.05 Å². The van der Waals surface area contributed by atoms with Crippen LogP contribution in [0.4, 0.5) is 13.2 Å². The van der Waals surface area contributed by atoms with E-state index in [-0.39, 0.29) is 11.8 Å². The maximum absolute atomic E-state index is 12.8. The summed E-state index contributed by atoms with van der Waals surface area (Å²) in [5.74, 6) is 0.0510. The molecule has 2 aromatic heterocycles. The number of nitrogens with zero attached hydrogens (tertiary/aromatic N) is 3. The van der Waals surface area contributed by atoms with Crippen LogP contribution in [0, 0.1) is 0 Å². The quantitative estimate of drug-likeness (QED) is 0.923. The minimum atomic E-state index is -4.45. The number of piperidine rings is 1. The van der Waals surface area contributed by atoms with E-state index in [1.54, 1.807) is 30.3 Å². The van der Waals surface area contributed by atoms with Crippen LogP contribution < -0.4 is 0 Å². The van der Waals surface area contributed by atoms with Gasteiger partial charge in [0.05, 0.1) is 0 Å². The molecule has 1 amide bonds. The van der Waals surface area contributed by atoms with E-state index in [1.807, 2.05) is 0 Å². The van der Waals surface area contributed by atoms with Crippen LogP contribution in [0.3, 0.4) is 0 Å². The number of rotatable bonds is 2. The number of H-pyrrole nitrogens is 1. The third-order valence-corrected chi connectivity index (χ3v) is 4.10. The fraction of sp³-hybridized carbons (Fsp3) is 0.467. The van der Waals surface area contributed by atoms with Crippen LogP contribution in [0.15, 0.2) is 24.5 Å². The largest absolute Gasteiger partial charge is 0.434 e. The fourth-order valence-electron chi connectivity index (χ4n) is 3.00. The molecular formula is C15H17F3N4O. The summed E-state index contributed by atoms with van der Waals surface area (Å²) in [6, 6.07) is 3.43. The maximum atomic E-state index is 12.8. The van der Waals surface area contributed by atoms with E-state index in [9.17, 15) is 18.0 Å². The summed E-state index contributed by atoms with van der Waals surface area (Å²) in [4.78, 5) is 20.7. The normalized spacial score (nSPS) is 19.1. The van der Waals surface area contributed by atoms with Gasteiger partial charge in [-0.05, 0) is 25.0 Å². The molecule has 0 aromatic carbocycles. The van der Waals surface area contributed by atoms with Crippen molar-refractivity contribution in [1.29, 1.82) is 0 Å². The number of aromatic amines is 1. The Hall–Kier alpha value is -2.25. The van der Waals surface area contributed by atoms with Gasteiger partial charge < -0.3 is 14.5 Å². The van der Waals surface area contributed by atoms with Gasteiger partial charge in [0.2, 0.25) is 0 Å². The summed E-state index contributed by atoms with van der Waals surface area (Å²) in [6.07, 6.45) is -0.323. The van der Waals surface area contributed by atoms with Gasteiger partial charge >= 0.3 is 6.18 Å². The topological polar surface area (TPSA) is 53.9 Å². The number of halogens is 3. The van der Waals surface area contributed by atoms with E-state index in [2.05, 4.69) is 9.97 Å². The number of hydrogen-bond donors (Lipinski definition) is 1. The van der Waals surface area contributed by atoms with Gasteiger partial charge in [-0.25, -0.2) is 4.98 Å². The number of imidazole rings is 1. The van der Waals surface area contributed by atoms with Crippen LogP contribution in [-0.2, 0) is 13.2 Å². The Balaban J connectivity index is 1.79. The van der Waals surface area contributed by atoms with Crippen molar-refractivity contribution in [3.8, 4) is 0 Å². The lowest BCUT2D eigenvalue weighted by atomic mass is 9.97. The molecule has 0 spiro atoms. The molecule has 0 radical (unpaired) electrons. The summed E-state index contributed by atoms with van der Waals surface area (Å²) in [6.45, 7) is 0.977. The summed E-state index contributed by atoms with van der Waals surface area (Å²) < 4.78 is 39.8. The highest BCUT2D eigenvalue weighted by Gasteiger charge is 2.36.